The van der Waals surface area contributed by atoms with Crippen molar-refractivity contribution in [3.63, 3.8) is 0 Å². The number of pyridine rings is 3. The third-order valence-corrected chi connectivity index (χ3v) is 7.30. The zero-order chi connectivity index (χ0) is 24.7. The van der Waals surface area contributed by atoms with Crippen LogP contribution < -0.4 is 5.56 Å². The van der Waals surface area contributed by atoms with Gasteiger partial charge in [-0.1, -0.05) is 29.3 Å². The van der Waals surface area contributed by atoms with Gasteiger partial charge in [0.25, 0.3) is 5.56 Å². The standard InChI is InChI=1S/C26H18ClIN6O/c1-4-19-6-5-7-22(31-19)20-13-24(35)33(2)25-21(20)12-17(14-29-25)26(27,23-15-30-32-34(23)3)16-8-10-18(28)11-9-16/h1,5-15H,2-3H3/t26-/m1/s1. The quantitative estimate of drug-likeness (QED) is 0.177. The minimum atomic E-state index is -1.14. The van der Waals surface area contributed by atoms with E-state index in [2.05, 4.69) is 48.8 Å². The molecule has 5 aromatic rings. The fourth-order valence-electron chi connectivity index (χ4n) is 4.13. The summed E-state index contributed by atoms with van der Waals surface area (Å²) < 4.78 is 4.23. The summed E-state index contributed by atoms with van der Waals surface area (Å²) >= 11 is 9.73. The van der Waals surface area contributed by atoms with Crippen molar-refractivity contribution >= 4 is 45.2 Å². The first-order valence-corrected chi connectivity index (χ1v) is 12.0. The molecular formula is C26H18ClIN6O. The molecule has 0 unspecified atom stereocenters. The molecule has 0 radical (unpaired) electrons. The number of fused-ring (bicyclic) bond motifs is 1. The number of hydrogen-bond acceptors (Lipinski definition) is 5. The summed E-state index contributed by atoms with van der Waals surface area (Å²) in [7, 11) is 3.48. The lowest BCUT2D eigenvalue weighted by molar-refractivity contribution is 0.649. The summed E-state index contributed by atoms with van der Waals surface area (Å²) in [5, 5.41) is 8.89. The predicted octanol–water partition coefficient (Wildman–Crippen LogP) is 4.24. The van der Waals surface area contributed by atoms with Crippen LogP contribution in [0.2, 0.25) is 0 Å². The third kappa shape index (κ3) is 3.90. The number of hydrogen-bond donors (Lipinski definition) is 0. The van der Waals surface area contributed by atoms with Crippen LogP contribution in [0.5, 0.6) is 0 Å². The Bertz CT molecular complexity index is 1690. The Kier molecular flexibility index (Phi) is 5.91. The van der Waals surface area contributed by atoms with E-state index in [1.807, 2.05) is 42.5 Å². The maximum Gasteiger partial charge on any atom is 0.252 e. The molecule has 0 aliphatic rings. The van der Waals surface area contributed by atoms with Gasteiger partial charge in [-0.2, -0.15) is 0 Å². The van der Waals surface area contributed by atoms with Crippen LogP contribution in [0.15, 0.2) is 71.8 Å². The highest BCUT2D eigenvalue weighted by Crippen LogP contribution is 2.43. The molecule has 0 bridgehead atoms. The lowest BCUT2D eigenvalue weighted by atomic mass is 9.87. The zero-order valence-electron chi connectivity index (χ0n) is 18.8. The Morgan fingerprint density at radius 2 is 1.83 bits per heavy atom. The SMILES string of the molecule is C#Cc1cccc(-c2cc(=O)n(C)c3ncc([C@](Cl)(c4ccc(I)cc4)c4cnnn4C)cc23)n1. The molecule has 0 aliphatic carbocycles. The Labute approximate surface area is 219 Å². The van der Waals surface area contributed by atoms with Gasteiger partial charge in [0.1, 0.15) is 16.2 Å². The van der Waals surface area contributed by atoms with Gasteiger partial charge >= 0.3 is 0 Å². The van der Waals surface area contributed by atoms with Crippen molar-refractivity contribution in [3.8, 4) is 23.6 Å². The van der Waals surface area contributed by atoms with Crippen LogP contribution in [-0.4, -0.2) is 29.5 Å². The van der Waals surface area contributed by atoms with Crippen LogP contribution in [0.4, 0.5) is 0 Å². The molecule has 9 heteroatoms. The summed E-state index contributed by atoms with van der Waals surface area (Å²) in [6.45, 7) is 0. The fraction of sp³-hybridized carbons (Fsp3) is 0.115. The van der Waals surface area contributed by atoms with Gasteiger partial charge in [-0.05, 0) is 58.5 Å². The Balaban J connectivity index is 1.84. The smallest absolute Gasteiger partial charge is 0.252 e. The second-order valence-electron chi connectivity index (χ2n) is 8.01. The second kappa shape index (κ2) is 8.91. The number of benzene rings is 1. The topological polar surface area (TPSA) is 78.5 Å². The highest BCUT2D eigenvalue weighted by Gasteiger charge is 2.38. The van der Waals surface area contributed by atoms with Gasteiger partial charge in [0, 0.05) is 46.4 Å². The molecular weight excluding hydrogens is 575 g/mol. The van der Waals surface area contributed by atoms with Gasteiger partial charge in [0.15, 0.2) is 0 Å². The van der Waals surface area contributed by atoms with E-state index in [1.54, 1.807) is 43.3 Å². The number of alkyl halides is 1. The van der Waals surface area contributed by atoms with Crippen LogP contribution in [0.3, 0.4) is 0 Å². The Morgan fingerprint density at radius 3 is 2.51 bits per heavy atom. The van der Waals surface area contributed by atoms with Gasteiger partial charge in [-0.3, -0.25) is 9.36 Å². The number of aryl methyl sites for hydroxylation is 2. The largest absolute Gasteiger partial charge is 0.296 e. The van der Waals surface area contributed by atoms with Crippen molar-refractivity contribution in [3.05, 3.63) is 103 Å². The van der Waals surface area contributed by atoms with Crippen molar-refractivity contribution in [2.75, 3.05) is 0 Å². The number of aromatic nitrogens is 6. The maximum absolute atomic E-state index is 12.8. The summed E-state index contributed by atoms with van der Waals surface area (Å²) in [6.07, 6.45) is 8.90. The van der Waals surface area contributed by atoms with Crippen LogP contribution in [0.1, 0.15) is 22.5 Å². The molecule has 1 atom stereocenters. The molecule has 7 nitrogen and oxygen atoms in total. The molecule has 1 aromatic carbocycles. The number of rotatable bonds is 4. The molecule has 0 saturated carbocycles. The lowest BCUT2D eigenvalue weighted by Gasteiger charge is -2.28. The van der Waals surface area contributed by atoms with Crippen LogP contribution in [0, 0.1) is 15.9 Å². The molecule has 172 valence electrons. The van der Waals surface area contributed by atoms with Gasteiger partial charge in [-0.25, -0.2) is 14.6 Å². The molecule has 5 rings (SSSR count). The van der Waals surface area contributed by atoms with E-state index in [1.165, 1.54) is 4.57 Å². The molecule has 0 saturated heterocycles. The maximum atomic E-state index is 12.8. The van der Waals surface area contributed by atoms with E-state index in [0.29, 0.717) is 33.9 Å². The van der Waals surface area contributed by atoms with Crippen molar-refractivity contribution in [2.24, 2.45) is 14.1 Å². The average Bonchev–Trinajstić information content (AvgIpc) is 3.32. The van der Waals surface area contributed by atoms with Crippen molar-refractivity contribution in [1.29, 1.82) is 0 Å². The molecule has 4 aromatic heterocycles. The van der Waals surface area contributed by atoms with Gasteiger partial charge in [-0.15, -0.1) is 23.1 Å². The summed E-state index contributed by atoms with van der Waals surface area (Å²) in [5.41, 5.74) is 4.21. The summed E-state index contributed by atoms with van der Waals surface area (Å²) in [4.78, 5) is 20.8. The Morgan fingerprint density at radius 1 is 1.06 bits per heavy atom. The van der Waals surface area contributed by atoms with Gasteiger partial charge in [0.05, 0.1) is 17.6 Å². The van der Waals surface area contributed by atoms with E-state index in [9.17, 15) is 4.79 Å². The Hall–Kier alpha value is -3.55. The van der Waals surface area contributed by atoms with Crippen LogP contribution >= 0.6 is 34.2 Å². The first-order chi connectivity index (χ1) is 16.8. The van der Waals surface area contributed by atoms with Crippen molar-refractivity contribution in [2.45, 2.75) is 4.87 Å². The molecule has 0 N–H and O–H groups in total. The number of terminal acetylenes is 1. The van der Waals surface area contributed by atoms with Crippen LogP contribution in [0.25, 0.3) is 22.3 Å². The second-order valence-corrected chi connectivity index (χ2v) is 9.82. The lowest BCUT2D eigenvalue weighted by Crippen LogP contribution is -2.26. The van der Waals surface area contributed by atoms with Gasteiger partial charge < -0.3 is 0 Å². The number of halogens is 2. The highest BCUT2D eigenvalue weighted by molar-refractivity contribution is 14.1. The molecule has 0 amide bonds. The molecule has 35 heavy (non-hydrogen) atoms. The molecule has 0 fully saturated rings. The minimum absolute atomic E-state index is 0.203. The predicted molar refractivity (Wildman–Crippen MR) is 144 cm³/mol. The fourth-order valence-corrected chi connectivity index (χ4v) is 4.89. The normalized spacial score (nSPS) is 12.9. The summed E-state index contributed by atoms with van der Waals surface area (Å²) in [5.74, 6) is 2.55. The van der Waals surface area contributed by atoms with E-state index in [4.69, 9.17) is 18.0 Å². The van der Waals surface area contributed by atoms with E-state index in [-0.39, 0.29) is 5.56 Å². The average molecular weight is 593 g/mol. The molecule has 4 heterocycles. The molecule has 0 aliphatic heterocycles. The first kappa shape index (κ1) is 23.2. The monoisotopic (exact) mass is 592 g/mol. The zero-order valence-corrected chi connectivity index (χ0v) is 21.7. The van der Waals surface area contributed by atoms with E-state index in [0.717, 1.165) is 14.5 Å². The van der Waals surface area contributed by atoms with E-state index < -0.39 is 4.87 Å². The highest BCUT2D eigenvalue weighted by atomic mass is 127. The minimum Gasteiger partial charge on any atom is -0.296 e. The number of nitrogens with zero attached hydrogens (tertiary/aromatic N) is 6. The third-order valence-electron chi connectivity index (χ3n) is 5.95. The van der Waals surface area contributed by atoms with Gasteiger partial charge in [0.2, 0.25) is 0 Å². The summed E-state index contributed by atoms with van der Waals surface area (Å²) in [6, 6.07) is 16.8. The van der Waals surface area contributed by atoms with Crippen LogP contribution in [-0.2, 0) is 19.0 Å². The van der Waals surface area contributed by atoms with E-state index >= 15 is 0 Å². The molecule has 0 spiro atoms. The van der Waals surface area contributed by atoms with Crippen molar-refractivity contribution < 1.29 is 0 Å². The first-order valence-electron chi connectivity index (χ1n) is 10.6. The van der Waals surface area contributed by atoms with Crippen molar-refractivity contribution in [1.82, 2.24) is 29.5 Å².